The fourth-order valence-electron chi connectivity index (χ4n) is 2.63. The number of halogens is 1. The Morgan fingerprint density at radius 1 is 1.00 bits per heavy atom. The fraction of sp³-hybridized carbons (Fsp3) is 0.143. The van der Waals surface area contributed by atoms with E-state index in [-0.39, 0.29) is 5.56 Å². The lowest BCUT2D eigenvalue weighted by Gasteiger charge is -2.15. The molecule has 0 unspecified atom stereocenters. The monoisotopic (exact) mass is 383 g/mol. The summed E-state index contributed by atoms with van der Waals surface area (Å²) in [5.41, 5.74) is 0.789. The molecule has 0 spiro atoms. The summed E-state index contributed by atoms with van der Waals surface area (Å²) in [7, 11) is 1.44. The Labute approximate surface area is 161 Å². The molecule has 0 saturated carbocycles. The molecule has 0 aromatic heterocycles. The zero-order valence-corrected chi connectivity index (χ0v) is 15.6. The molecular weight excluding hydrogens is 366 g/mol. The van der Waals surface area contributed by atoms with E-state index in [2.05, 4.69) is 5.32 Å². The molecule has 1 N–H and O–H groups in total. The van der Waals surface area contributed by atoms with Crippen molar-refractivity contribution in [1.82, 2.24) is 0 Å². The van der Waals surface area contributed by atoms with Crippen LogP contribution in [-0.4, -0.2) is 25.1 Å². The molecule has 0 aliphatic rings. The van der Waals surface area contributed by atoms with Crippen molar-refractivity contribution in [2.75, 3.05) is 12.4 Å². The van der Waals surface area contributed by atoms with Gasteiger partial charge >= 0.3 is 5.97 Å². The molecule has 0 radical (unpaired) electrons. The second-order valence-corrected chi connectivity index (χ2v) is 6.38. The zero-order valence-electron chi connectivity index (χ0n) is 14.9. The predicted octanol–water partition coefficient (Wildman–Crippen LogP) is 4.69. The van der Waals surface area contributed by atoms with Gasteiger partial charge in [0, 0.05) is 10.7 Å². The second-order valence-electron chi connectivity index (χ2n) is 5.94. The number of hydrogen-bond donors (Lipinski definition) is 1. The zero-order chi connectivity index (χ0) is 19.4. The third kappa shape index (κ3) is 4.38. The molecule has 3 rings (SSSR count). The highest BCUT2D eigenvalue weighted by atomic mass is 35.5. The summed E-state index contributed by atoms with van der Waals surface area (Å²) in [6.07, 6.45) is -0.993. The summed E-state index contributed by atoms with van der Waals surface area (Å²) < 4.78 is 10.4. The average Bonchev–Trinajstić information content (AvgIpc) is 2.67. The van der Waals surface area contributed by atoms with E-state index in [9.17, 15) is 9.59 Å². The molecule has 0 bridgehead atoms. The molecule has 0 saturated heterocycles. The lowest BCUT2D eigenvalue weighted by Crippen LogP contribution is -2.30. The minimum atomic E-state index is -0.993. The number of carbonyl (C=O) groups is 2. The first kappa shape index (κ1) is 18.7. The first-order chi connectivity index (χ1) is 13.0. The molecule has 1 atom stereocenters. The molecule has 0 fully saturated rings. The van der Waals surface area contributed by atoms with Crippen LogP contribution in [0.3, 0.4) is 0 Å². The summed E-state index contributed by atoms with van der Waals surface area (Å²) in [4.78, 5) is 24.8. The first-order valence-electron chi connectivity index (χ1n) is 8.32. The van der Waals surface area contributed by atoms with Crippen LogP contribution in [0.1, 0.15) is 17.3 Å². The van der Waals surface area contributed by atoms with Crippen molar-refractivity contribution in [3.8, 4) is 5.75 Å². The largest absolute Gasteiger partial charge is 0.496 e. The lowest BCUT2D eigenvalue weighted by atomic mass is 10.1. The van der Waals surface area contributed by atoms with E-state index in [1.54, 1.807) is 18.2 Å². The molecule has 3 aromatic carbocycles. The lowest BCUT2D eigenvalue weighted by molar-refractivity contribution is -0.123. The number of methoxy groups -OCH3 is 1. The number of ether oxygens (including phenoxy) is 2. The van der Waals surface area contributed by atoms with Gasteiger partial charge in [-0.05, 0) is 48.0 Å². The first-order valence-corrected chi connectivity index (χ1v) is 8.70. The smallest absolute Gasteiger partial charge is 0.342 e. The Bertz CT molecular complexity index is 1000. The van der Waals surface area contributed by atoms with Gasteiger partial charge in [0.2, 0.25) is 0 Å². The molecule has 3 aromatic rings. The maximum absolute atomic E-state index is 12.4. The van der Waals surface area contributed by atoms with Crippen LogP contribution in [0.15, 0.2) is 60.7 Å². The van der Waals surface area contributed by atoms with Gasteiger partial charge in [-0.2, -0.15) is 0 Å². The number of hydrogen-bond acceptors (Lipinski definition) is 4. The number of fused-ring (bicyclic) bond motifs is 1. The standard InChI is InChI=1S/C21H18ClNO4/c1-13(27-21(25)18-12-16(22)8-10-19(18)26-2)20(24)23-17-9-7-14-5-3-4-6-15(14)11-17/h3-13H,1-2H3,(H,23,24)/t13-/m1/s1. The van der Waals surface area contributed by atoms with Crippen molar-refractivity contribution >= 4 is 39.9 Å². The van der Waals surface area contributed by atoms with Gasteiger partial charge in [-0.15, -0.1) is 0 Å². The molecule has 5 nitrogen and oxygen atoms in total. The van der Waals surface area contributed by atoms with Gasteiger partial charge in [0.15, 0.2) is 6.10 Å². The Kier molecular flexibility index (Phi) is 5.62. The van der Waals surface area contributed by atoms with Gasteiger partial charge in [-0.1, -0.05) is 41.9 Å². The van der Waals surface area contributed by atoms with Gasteiger partial charge in [-0.3, -0.25) is 4.79 Å². The van der Waals surface area contributed by atoms with E-state index in [0.29, 0.717) is 16.5 Å². The molecular formula is C21H18ClNO4. The van der Waals surface area contributed by atoms with Gasteiger partial charge in [0.1, 0.15) is 11.3 Å². The van der Waals surface area contributed by atoms with Crippen molar-refractivity contribution in [2.24, 2.45) is 0 Å². The van der Waals surface area contributed by atoms with Gasteiger partial charge in [-0.25, -0.2) is 4.79 Å². The van der Waals surface area contributed by atoms with Crippen LogP contribution in [-0.2, 0) is 9.53 Å². The number of amides is 1. The van der Waals surface area contributed by atoms with Gasteiger partial charge in [0.25, 0.3) is 5.91 Å². The molecule has 6 heteroatoms. The number of carbonyl (C=O) groups excluding carboxylic acids is 2. The van der Waals surface area contributed by atoms with Crippen molar-refractivity contribution in [2.45, 2.75) is 13.0 Å². The molecule has 0 heterocycles. The minimum absolute atomic E-state index is 0.162. The van der Waals surface area contributed by atoms with Crippen LogP contribution in [0.5, 0.6) is 5.75 Å². The number of benzene rings is 3. The minimum Gasteiger partial charge on any atom is -0.496 e. The average molecular weight is 384 g/mol. The maximum atomic E-state index is 12.4. The van der Waals surface area contributed by atoms with Crippen LogP contribution in [0.4, 0.5) is 5.69 Å². The van der Waals surface area contributed by atoms with Crippen molar-refractivity contribution in [3.05, 3.63) is 71.2 Å². The Morgan fingerprint density at radius 2 is 1.74 bits per heavy atom. The molecule has 0 aliphatic carbocycles. The van der Waals surface area contributed by atoms with Gasteiger partial charge in [0.05, 0.1) is 7.11 Å². The SMILES string of the molecule is COc1ccc(Cl)cc1C(=O)O[C@H](C)C(=O)Nc1ccc2ccccc2c1. The van der Waals surface area contributed by atoms with Crippen molar-refractivity contribution in [3.63, 3.8) is 0 Å². The van der Waals surface area contributed by atoms with E-state index >= 15 is 0 Å². The topological polar surface area (TPSA) is 64.6 Å². The Morgan fingerprint density at radius 3 is 2.48 bits per heavy atom. The molecule has 0 aliphatic heterocycles. The summed E-state index contributed by atoms with van der Waals surface area (Å²) in [6.45, 7) is 1.51. The number of rotatable bonds is 5. The number of nitrogens with one attached hydrogen (secondary N) is 1. The van der Waals surface area contributed by atoms with Crippen LogP contribution < -0.4 is 10.1 Å². The highest BCUT2D eigenvalue weighted by molar-refractivity contribution is 6.31. The molecule has 1 amide bonds. The highest BCUT2D eigenvalue weighted by Gasteiger charge is 2.22. The second kappa shape index (κ2) is 8.10. The summed E-state index contributed by atoms with van der Waals surface area (Å²) in [5, 5.41) is 5.20. The van der Waals surface area contributed by atoms with Crippen LogP contribution >= 0.6 is 11.6 Å². The van der Waals surface area contributed by atoms with E-state index < -0.39 is 18.0 Å². The quantitative estimate of drug-likeness (QED) is 0.649. The molecule has 27 heavy (non-hydrogen) atoms. The maximum Gasteiger partial charge on any atom is 0.342 e. The predicted molar refractivity (Wildman–Crippen MR) is 105 cm³/mol. The van der Waals surface area contributed by atoms with E-state index in [0.717, 1.165) is 10.8 Å². The van der Waals surface area contributed by atoms with Crippen LogP contribution in [0, 0.1) is 0 Å². The number of anilines is 1. The Hall–Kier alpha value is -3.05. The van der Waals surface area contributed by atoms with Gasteiger partial charge < -0.3 is 14.8 Å². The third-order valence-corrected chi connectivity index (χ3v) is 4.29. The van der Waals surface area contributed by atoms with E-state index in [4.69, 9.17) is 21.1 Å². The molecule has 138 valence electrons. The number of esters is 1. The third-order valence-electron chi connectivity index (χ3n) is 4.05. The van der Waals surface area contributed by atoms with Crippen LogP contribution in [0.25, 0.3) is 10.8 Å². The highest BCUT2D eigenvalue weighted by Crippen LogP contribution is 2.24. The fourth-order valence-corrected chi connectivity index (χ4v) is 2.80. The van der Waals surface area contributed by atoms with Crippen molar-refractivity contribution in [1.29, 1.82) is 0 Å². The summed E-state index contributed by atoms with van der Waals surface area (Å²) >= 11 is 5.93. The van der Waals surface area contributed by atoms with E-state index in [1.165, 1.54) is 20.1 Å². The van der Waals surface area contributed by atoms with E-state index in [1.807, 2.05) is 36.4 Å². The van der Waals surface area contributed by atoms with Crippen LogP contribution in [0.2, 0.25) is 5.02 Å². The normalized spacial score (nSPS) is 11.7. The summed E-state index contributed by atoms with van der Waals surface area (Å²) in [5.74, 6) is -0.790. The Balaban J connectivity index is 1.69. The summed E-state index contributed by atoms with van der Waals surface area (Å²) in [6, 6.07) is 18.0. The van der Waals surface area contributed by atoms with Crippen molar-refractivity contribution < 1.29 is 19.1 Å².